The largest absolute Gasteiger partial charge is 0.369 e. The van der Waals surface area contributed by atoms with Crippen molar-refractivity contribution in [3.63, 3.8) is 0 Å². The van der Waals surface area contributed by atoms with Crippen LogP contribution < -0.4 is 16.8 Å². The van der Waals surface area contributed by atoms with E-state index in [4.69, 9.17) is 11.5 Å². The van der Waals surface area contributed by atoms with Crippen molar-refractivity contribution in [3.05, 3.63) is 69.6 Å². The van der Waals surface area contributed by atoms with E-state index in [-0.39, 0.29) is 4.90 Å². The maximum Gasteiger partial charge on any atom is 0.285 e. The van der Waals surface area contributed by atoms with Crippen LogP contribution in [0.1, 0.15) is 5.01 Å². The zero-order chi connectivity index (χ0) is 21.7. The van der Waals surface area contributed by atoms with Crippen LogP contribution in [-0.4, -0.2) is 19.4 Å². The van der Waals surface area contributed by atoms with E-state index >= 15 is 0 Å². The first-order valence-corrected chi connectivity index (χ1v) is 11.4. The van der Waals surface area contributed by atoms with Crippen molar-refractivity contribution in [2.75, 3.05) is 5.32 Å². The normalized spacial score (nSPS) is 11.5. The molecule has 0 aliphatic heterocycles. The van der Waals surface area contributed by atoms with E-state index in [2.05, 4.69) is 36.7 Å². The Morgan fingerprint density at radius 1 is 1.17 bits per heavy atom. The Labute approximate surface area is 185 Å². The van der Waals surface area contributed by atoms with Crippen molar-refractivity contribution in [1.82, 2.24) is 4.98 Å². The van der Waals surface area contributed by atoms with Crippen LogP contribution in [0.25, 0.3) is 16.8 Å². The van der Waals surface area contributed by atoms with E-state index in [0.717, 1.165) is 15.7 Å². The molecule has 5 N–H and O–H groups in total. The van der Waals surface area contributed by atoms with Crippen LogP contribution in [0.5, 0.6) is 0 Å². The zero-order valence-electron chi connectivity index (χ0n) is 15.3. The second kappa shape index (κ2) is 9.08. The first kappa shape index (κ1) is 21.5. The van der Waals surface area contributed by atoms with Gasteiger partial charge in [0.05, 0.1) is 10.6 Å². The number of nitriles is 1. The smallest absolute Gasteiger partial charge is 0.285 e. The Kier molecular flexibility index (Phi) is 6.51. The van der Waals surface area contributed by atoms with Gasteiger partial charge in [-0.25, -0.2) is 4.98 Å². The highest BCUT2D eigenvalue weighted by atomic mass is 79.9. The van der Waals surface area contributed by atoms with Gasteiger partial charge in [-0.3, -0.25) is 0 Å². The predicted molar refractivity (Wildman–Crippen MR) is 122 cm³/mol. The number of anilines is 1. The number of benzene rings is 2. The summed E-state index contributed by atoms with van der Waals surface area (Å²) < 4.78 is 28.1. The highest BCUT2D eigenvalue weighted by Gasteiger charge is 2.13. The van der Waals surface area contributed by atoms with E-state index in [9.17, 15) is 13.7 Å². The SMILES string of the molecule is N#CC(=CNc1ccc(S(=O)(=O)N=C(N)N)cc1)c1nc(-c2ccc(Br)cc2)cs1. The zero-order valence-corrected chi connectivity index (χ0v) is 18.5. The van der Waals surface area contributed by atoms with Crippen LogP contribution in [-0.2, 0) is 10.0 Å². The Morgan fingerprint density at radius 2 is 1.83 bits per heavy atom. The van der Waals surface area contributed by atoms with Crippen molar-refractivity contribution < 1.29 is 8.42 Å². The molecule has 0 fully saturated rings. The van der Waals surface area contributed by atoms with E-state index in [1.807, 2.05) is 29.6 Å². The number of nitrogens with two attached hydrogens (primary N) is 2. The van der Waals surface area contributed by atoms with Gasteiger partial charge in [0, 0.05) is 27.3 Å². The predicted octanol–water partition coefficient (Wildman–Crippen LogP) is 3.51. The minimum atomic E-state index is -3.95. The summed E-state index contributed by atoms with van der Waals surface area (Å²) in [6.45, 7) is 0. The van der Waals surface area contributed by atoms with Gasteiger partial charge in [0.2, 0.25) is 5.96 Å². The average molecular weight is 503 g/mol. The lowest BCUT2D eigenvalue weighted by molar-refractivity contribution is 0.598. The molecular weight excluding hydrogens is 488 g/mol. The second-order valence-corrected chi connectivity index (χ2v) is 9.25. The third-order valence-corrected chi connectivity index (χ3v) is 6.48. The molecule has 1 heterocycles. The molecule has 0 bridgehead atoms. The molecule has 0 unspecified atom stereocenters. The Morgan fingerprint density at radius 3 is 2.43 bits per heavy atom. The lowest BCUT2D eigenvalue weighted by Gasteiger charge is -2.03. The molecule has 152 valence electrons. The molecule has 2 aromatic carbocycles. The molecule has 3 rings (SSSR count). The average Bonchev–Trinajstić information content (AvgIpc) is 3.18. The molecule has 3 aromatic rings. The van der Waals surface area contributed by atoms with Crippen molar-refractivity contribution >= 4 is 54.5 Å². The van der Waals surface area contributed by atoms with Gasteiger partial charge in [0.25, 0.3) is 10.0 Å². The summed E-state index contributed by atoms with van der Waals surface area (Å²) in [5.74, 6) is -0.537. The minimum Gasteiger partial charge on any atom is -0.369 e. The van der Waals surface area contributed by atoms with Gasteiger partial charge in [-0.05, 0) is 36.4 Å². The number of hydrogen-bond acceptors (Lipinski definition) is 6. The molecule has 0 saturated heterocycles. The maximum absolute atomic E-state index is 12.0. The Bertz CT molecular complexity index is 1250. The summed E-state index contributed by atoms with van der Waals surface area (Å²) in [6.07, 6.45) is 1.52. The number of allylic oxidation sites excluding steroid dienone is 1. The fraction of sp³-hybridized carbons (Fsp3) is 0. The molecule has 8 nitrogen and oxygen atoms in total. The van der Waals surface area contributed by atoms with Gasteiger partial charge < -0.3 is 16.8 Å². The molecule has 11 heteroatoms. The molecular formula is C19H15BrN6O2S2. The van der Waals surface area contributed by atoms with Crippen LogP contribution in [0.4, 0.5) is 5.69 Å². The van der Waals surface area contributed by atoms with Crippen molar-refractivity contribution in [2.24, 2.45) is 15.9 Å². The van der Waals surface area contributed by atoms with Crippen LogP contribution in [0.15, 0.2) is 73.9 Å². The number of nitrogens with one attached hydrogen (secondary N) is 1. The number of nitrogens with zero attached hydrogens (tertiary/aromatic N) is 3. The lowest BCUT2D eigenvalue weighted by Crippen LogP contribution is -2.24. The fourth-order valence-corrected chi connectivity index (χ4v) is 4.28. The Balaban J connectivity index is 1.77. The summed E-state index contributed by atoms with van der Waals surface area (Å²) in [4.78, 5) is 4.47. The summed E-state index contributed by atoms with van der Waals surface area (Å²) in [6, 6.07) is 15.6. The highest BCUT2D eigenvalue weighted by molar-refractivity contribution is 9.10. The highest BCUT2D eigenvalue weighted by Crippen LogP contribution is 2.27. The Hall–Kier alpha value is -3.20. The van der Waals surface area contributed by atoms with Gasteiger partial charge in [-0.2, -0.15) is 13.7 Å². The molecule has 30 heavy (non-hydrogen) atoms. The standard InChI is InChI=1S/C19H15BrN6O2S2/c20-14-3-1-12(2-4-14)17-11-29-18(25-17)13(9-21)10-24-15-5-7-16(8-6-15)30(27,28)26-19(22)23/h1-8,10-11,24H,(H4,22,23,26). The molecule has 0 spiro atoms. The number of aromatic nitrogens is 1. The second-order valence-electron chi connectivity index (χ2n) is 5.87. The lowest BCUT2D eigenvalue weighted by atomic mass is 10.2. The molecule has 0 aliphatic rings. The third-order valence-electron chi connectivity index (χ3n) is 3.76. The number of sulfonamides is 1. The number of halogens is 1. The first-order chi connectivity index (χ1) is 14.3. The van der Waals surface area contributed by atoms with Crippen LogP contribution in [0.3, 0.4) is 0 Å². The van der Waals surface area contributed by atoms with Gasteiger partial charge in [-0.1, -0.05) is 28.1 Å². The summed E-state index contributed by atoms with van der Waals surface area (Å²) in [5, 5.41) is 14.9. The molecule has 0 atom stereocenters. The van der Waals surface area contributed by atoms with Gasteiger partial charge in [0.15, 0.2) is 0 Å². The molecule has 0 radical (unpaired) electrons. The quantitative estimate of drug-likeness (QED) is 0.265. The van der Waals surface area contributed by atoms with Crippen LogP contribution in [0, 0.1) is 11.3 Å². The van der Waals surface area contributed by atoms with Crippen LogP contribution in [0.2, 0.25) is 0 Å². The molecule has 0 saturated carbocycles. The van der Waals surface area contributed by atoms with Crippen molar-refractivity contribution in [3.8, 4) is 17.3 Å². The number of rotatable bonds is 6. The number of thiazole rings is 1. The van der Waals surface area contributed by atoms with E-state index < -0.39 is 16.0 Å². The van der Waals surface area contributed by atoms with E-state index in [1.165, 1.54) is 41.8 Å². The van der Waals surface area contributed by atoms with Gasteiger partial charge in [-0.15, -0.1) is 15.7 Å². The van der Waals surface area contributed by atoms with Crippen molar-refractivity contribution in [2.45, 2.75) is 4.90 Å². The fourth-order valence-electron chi connectivity index (χ4n) is 2.36. The first-order valence-electron chi connectivity index (χ1n) is 8.33. The summed E-state index contributed by atoms with van der Waals surface area (Å²) in [5.41, 5.74) is 12.9. The van der Waals surface area contributed by atoms with E-state index in [0.29, 0.717) is 16.3 Å². The van der Waals surface area contributed by atoms with Gasteiger partial charge >= 0.3 is 0 Å². The summed E-state index contributed by atoms with van der Waals surface area (Å²) >= 11 is 4.75. The number of guanidine groups is 1. The third kappa shape index (κ3) is 5.24. The molecule has 0 amide bonds. The number of hydrogen-bond donors (Lipinski definition) is 3. The minimum absolute atomic E-state index is 0.0509. The molecule has 1 aromatic heterocycles. The monoisotopic (exact) mass is 502 g/mol. The maximum atomic E-state index is 12.0. The van der Waals surface area contributed by atoms with Crippen LogP contribution >= 0.6 is 27.3 Å². The summed E-state index contributed by atoms with van der Waals surface area (Å²) in [7, 11) is -3.95. The topological polar surface area (TPSA) is 147 Å². The van der Waals surface area contributed by atoms with Crippen molar-refractivity contribution in [1.29, 1.82) is 5.26 Å². The molecule has 0 aliphatic carbocycles. The van der Waals surface area contributed by atoms with Gasteiger partial charge in [0.1, 0.15) is 16.6 Å². The van der Waals surface area contributed by atoms with E-state index in [1.54, 1.807) is 0 Å².